The van der Waals surface area contributed by atoms with Crippen molar-refractivity contribution in [1.29, 1.82) is 0 Å². The van der Waals surface area contributed by atoms with Crippen molar-refractivity contribution >= 4 is 11.9 Å². The molecule has 1 saturated heterocycles. The van der Waals surface area contributed by atoms with E-state index in [1.165, 1.54) is 0 Å². The van der Waals surface area contributed by atoms with Gasteiger partial charge in [-0.2, -0.15) is 0 Å². The van der Waals surface area contributed by atoms with Crippen molar-refractivity contribution in [1.82, 2.24) is 10.6 Å². The Labute approximate surface area is 75.5 Å². The quantitative estimate of drug-likeness (QED) is 0.444. The number of carbonyl (C=O) groups is 2. The Kier molecular flexibility index (Phi) is 1.76. The minimum absolute atomic E-state index is 0.295. The summed E-state index contributed by atoms with van der Waals surface area (Å²) in [6.45, 7) is 0. The van der Waals surface area contributed by atoms with E-state index in [1.54, 1.807) is 0 Å². The second-order valence-corrected chi connectivity index (χ2v) is 3.74. The van der Waals surface area contributed by atoms with Crippen LogP contribution in [0.1, 0.15) is 25.7 Å². The summed E-state index contributed by atoms with van der Waals surface area (Å²) in [6.07, 6.45) is 1.98. The highest BCUT2D eigenvalue weighted by Gasteiger charge is 2.48. The van der Waals surface area contributed by atoms with Gasteiger partial charge in [-0.05, 0) is 19.3 Å². The van der Waals surface area contributed by atoms with Gasteiger partial charge >= 0.3 is 6.03 Å². The molecule has 1 aliphatic carbocycles. The third-order valence-electron chi connectivity index (χ3n) is 2.74. The molecule has 2 fully saturated rings. The fourth-order valence-electron chi connectivity index (χ4n) is 2.09. The second-order valence-electron chi connectivity index (χ2n) is 3.74. The minimum Gasteiger partial charge on any atom is -0.393 e. The highest BCUT2D eigenvalue weighted by atomic mass is 16.3. The summed E-state index contributed by atoms with van der Waals surface area (Å²) >= 11 is 0. The smallest absolute Gasteiger partial charge is 0.322 e. The second kappa shape index (κ2) is 2.70. The van der Waals surface area contributed by atoms with Gasteiger partial charge in [0.25, 0.3) is 5.91 Å². The van der Waals surface area contributed by atoms with Crippen LogP contribution in [0.5, 0.6) is 0 Å². The van der Waals surface area contributed by atoms with E-state index in [9.17, 15) is 14.7 Å². The van der Waals surface area contributed by atoms with Gasteiger partial charge in [-0.15, -0.1) is 0 Å². The Morgan fingerprint density at radius 3 is 2.77 bits per heavy atom. The third-order valence-corrected chi connectivity index (χ3v) is 2.74. The number of urea groups is 1. The van der Waals surface area contributed by atoms with Crippen LogP contribution in [-0.4, -0.2) is 28.7 Å². The van der Waals surface area contributed by atoms with E-state index >= 15 is 0 Å². The molecule has 0 unspecified atom stereocenters. The number of aliphatic hydroxyl groups excluding tert-OH is 1. The number of rotatable bonds is 0. The molecule has 0 aromatic rings. The van der Waals surface area contributed by atoms with Gasteiger partial charge in [0.05, 0.1) is 6.10 Å². The molecule has 2 atom stereocenters. The molecule has 1 heterocycles. The maximum absolute atomic E-state index is 11.4. The molecule has 13 heavy (non-hydrogen) atoms. The van der Waals surface area contributed by atoms with Gasteiger partial charge in [0.1, 0.15) is 5.54 Å². The first-order valence-electron chi connectivity index (χ1n) is 4.44. The number of hydrogen-bond acceptors (Lipinski definition) is 3. The Balaban J connectivity index is 2.19. The van der Waals surface area contributed by atoms with Crippen LogP contribution in [0, 0.1) is 0 Å². The van der Waals surface area contributed by atoms with Crippen molar-refractivity contribution < 1.29 is 14.7 Å². The number of nitrogens with one attached hydrogen (secondary N) is 2. The minimum atomic E-state index is -0.825. The standard InChI is InChI=1S/C8H12N2O3/c11-5-2-1-3-8(4-5)6(12)9-7(13)10-8/h5,11H,1-4H2,(H2,9,10,12,13)/t5-,8-/m1/s1. The van der Waals surface area contributed by atoms with Gasteiger partial charge in [-0.1, -0.05) is 0 Å². The average molecular weight is 184 g/mol. The van der Waals surface area contributed by atoms with Crippen molar-refractivity contribution in [3.05, 3.63) is 0 Å². The maximum Gasteiger partial charge on any atom is 0.322 e. The number of hydrogen-bond donors (Lipinski definition) is 3. The molecule has 1 saturated carbocycles. The van der Waals surface area contributed by atoms with Crippen molar-refractivity contribution in [2.45, 2.75) is 37.3 Å². The topological polar surface area (TPSA) is 78.4 Å². The van der Waals surface area contributed by atoms with E-state index < -0.39 is 17.7 Å². The maximum atomic E-state index is 11.4. The van der Waals surface area contributed by atoms with Crippen LogP contribution in [0.3, 0.4) is 0 Å². The summed E-state index contributed by atoms with van der Waals surface area (Å²) < 4.78 is 0. The molecule has 5 nitrogen and oxygen atoms in total. The highest BCUT2D eigenvalue weighted by Crippen LogP contribution is 2.30. The molecule has 5 heteroatoms. The summed E-state index contributed by atoms with van der Waals surface area (Å²) in [5.74, 6) is -0.295. The summed E-state index contributed by atoms with van der Waals surface area (Å²) in [5.41, 5.74) is -0.825. The molecule has 1 spiro atoms. The lowest BCUT2D eigenvalue weighted by Crippen LogP contribution is -2.51. The Morgan fingerprint density at radius 2 is 2.23 bits per heavy atom. The van der Waals surface area contributed by atoms with Crippen LogP contribution < -0.4 is 10.6 Å². The van der Waals surface area contributed by atoms with Crippen molar-refractivity contribution in [3.8, 4) is 0 Å². The van der Waals surface area contributed by atoms with E-state index in [4.69, 9.17) is 0 Å². The molecule has 0 aromatic carbocycles. The summed E-state index contributed by atoms with van der Waals surface area (Å²) in [6, 6.07) is -0.445. The van der Waals surface area contributed by atoms with Gasteiger partial charge in [0.2, 0.25) is 0 Å². The predicted octanol–water partition coefficient (Wildman–Crippen LogP) is -0.501. The Morgan fingerprint density at radius 1 is 1.46 bits per heavy atom. The van der Waals surface area contributed by atoms with Gasteiger partial charge in [-0.25, -0.2) is 4.79 Å². The number of carbonyl (C=O) groups excluding carboxylic acids is 2. The van der Waals surface area contributed by atoms with Crippen molar-refractivity contribution in [2.24, 2.45) is 0 Å². The zero-order valence-corrected chi connectivity index (χ0v) is 7.17. The lowest BCUT2D eigenvalue weighted by atomic mass is 9.80. The molecule has 3 N–H and O–H groups in total. The zero-order valence-electron chi connectivity index (χ0n) is 7.17. The monoisotopic (exact) mass is 184 g/mol. The van der Waals surface area contributed by atoms with E-state index in [0.717, 1.165) is 6.42 Å². The number of aliphatic hydroxyl groups is 1. The molecule has 3 amide bonds. The van der Waals surface area contributed by atoms with Crippen LogP contribution in [0.2, 0.25) is 0 Å². The van der Waals surface area contributed by atoms with Crippen LogP contribution >= 0.6 is 0 Å². The summed E-state index contributed by atoms with van der Waals surface area (Å²) in [5, 5.41) is 14.2. The molecule has 2 rings (SSSR count). The van der Waals surface area contributed by atoms with Gasteiger partial charge in [0.15, 0.2) is 0 Å². The van der Waals surface area contributed by atoms with Gasteiger partial charge in [0, 0.05) is 6.42 Å². The lowest BCUT2D eigenvalue weighted by molar-refractivity contribution is -0.126. The number of imide groups is 1. The molecule has 0 bridgehead atoms. The van der Waals surface area contributed by atoms with Crippen LogP contribution in [0.25, 0.3) is 0 Å². The first kappa shape index (κ1) is 8.50. The molecule has 72 valence electrons. The first-order chi connectivity index (χ1) is 6.12. The molecular formula is C8H12N2O3. The lowest BCUT2D eigenvalue weighted by Gasteiger charge is -2.32. The normalized spacial score (nSPS) is 39.0. The highest BCUT2D eigenvalue weighted by molar-refractivity contribution is 6.07. The average Bonchev–Trinajstić information content (AvgIpc) is 2.26. The first-order valence-corrected chi connectivity index (χ1v) is 4.44. The fourth-order valence-corrected chi connectivity index (χ4v) is 2.09. The van der Waals surface area contributed by atoms with Gasteiger partial charge in [-0.3, -0.25) is 10.1 Å². The van der Waals surface area contributed by atoms with Crippen LogP contribution in [0.4, 0.5) is 4.79 Å². The van der Waals surface area contributed by atoms with Crippen LogP contribution in [0.15, 0.2) is 0 Å². The fraction of sp³-hybridized carbons (Fsp3) is 0.750. The summed E-state index contributed by atoms with van der Waals surface area (Å²) in [7, 11) is 0. The van der Waals surface area contributed by atoms with E-state index in [2.05, 4.69) is 10.6 Å². The van der Waals surface area contributed by atoms with E-state index in [0.29, 0.717) is 19.3 Å². The molecule has 2 aliphatic rings. The molecule has 1 aliphatic heterocycles. The summed E-state index contributed by atoms with van der Waals surface area (Å²) in [4.78, 5) is 22.3. The van der Waals surface area contributed by atoms with Gasteiger partial charge < -0.3 is 10.4 Å². The van der Waals surface area contributed by atoms with Crippen LogP contribution in [-0.2, 0) is 4.79 Å². The predicted molar refractivity (Wildman–Crippen MR) is 43.9 cm³/mol. The Bertz CT molecular complexity index is 266. The SMILES string of the molecule is O=C1NC(=O)[C@]2(CCC[C@@H](O)C2)N1. The molecule has 0 radical (unpaired) electrons. The van der Waals surface area contributed by atoms with E-state index in [-0.39, 0.29) is 5.91 Å². The largest absolute Gasteiger partial charge is 0.393 e. The van der Waals surface area contributed by atoms with Crippen molar-refractivity contribution in [3.63, 3.8) is 0 Å². The Hall–Kier alpha value is -1.10. The third kappa shape index (κ3) is 1.29. The molecule has 0 aromatic heterocycles. The van der Waals surface area contributed by atoms with E-state index in [1.807, 2.05) is 0 Å². The number of amides is 3. The zero-order chi connectivity index (χ0) is 9.47. The molecular weight excluding hydrogens is 172 g/mol. The van der Waals surface area contributed by atoms with Crippen molar-refractivity contribution in [2.75, 3.05) is 0 Å².